The van der Waals surface area contributed by atoms with Crippen molar-refractivity contribution in [2.24, 2.45) is 0 Å². The number of carbonyl (C=O) groups excluding carboxylic acids is 2. The van der Waals surface area contributed by atoms with Crippen LogP contribution in [-0.2, 0) is 0 Å². The Morgan fingerprint density at radius 2 is 1.66 bits per heavy atom. The summed E-state index contributed by atoms with van der Waals surface area (Å²) in [6, 6.07) is 16.4. The first-order valence-electron chi connectivity index (χ1n) is 9.79. The highest BCUT2D eigenvalue weighted by molar-refractivity contribution is 6.17. The zero-order valence-electron chi connectivity index (χ0n) is 16.9. The Kier molecular flexibility index (Phi) is 5.85. The van der Waals surface area contributed by atoms with Gasteiger partial charge in [-0.2, -0.15) is 0 Å². The summed E-state index contributed by atoms with van der Waals surface area (Å²) in [7, 11) is 0. The molecular weight excluding hydrogens is 418 g/mol. The molecule has 1 heterocycles. The molecule has 4 aromatic rings. The van der Waals surface area contributed by atoms with Gasteiger partial charge in [0.15, 0.2) is 11.6 Å². The molecule has 0 fully saturated rings. The highest BCUT2D eigenvalue weighted by atomic mass is 19.2. The lowest BCUT2D eigenvalue weighted by Gasteiger charge is -2.11. The average Bonchev–Trinajstić information content (AvgIpc) is 3.15. The first-order valence-corrected chi connectivity index (χ1v) is 9.79. The van der Waals surface area contributed by atoms with E-state index < -0.39 is 23.4 Å². The predicted molar refractivity (Wildman–Crippen MR) is 116 cm³/mol. The molecule has 0 aliphatic carbocycles. The molecule has 2 N–H and O–H groups in total. The average molecular weight is 436 g/mol. The standard InChI is InChI=1S/C24H18F2N2O4/c1-2-31-20-10-6-4-8-18(20)27-24(30)22-21(15-7-3-5-9-19(15)32-22)28-23(29)14-11-12-16(25)17(26)13-14/h3-13H,2H2,1H3,(H,27,30)(H,28,29). The molecule has 0 aliphatic rings. The lowest BCUT2D eigenvalue weighted by molar-refractivity contribution is 0.0999. The number of halogens is 2. The molecule has 3 aromatic carbocycles. The van der Waals surface area contributed by atoms with Crippen LogP contribution in [-0.4, -0.2) is 18.4 Å². The molecule has 0 radical (unpaired) electrons. The van der Waals surface area contributed by atoms with E-state index in [1.807, 2.05) is 6.92 Å². The fourth-order valence-electron chi connectivity index (χ4n) is 3.18. The molecule has 32 heavy (non-hydrogen) atoms. The lowest BCUT2D eigenvalue weighted by atomic mass is 10.1. The number of amides is 2. The van der Waals surface area contributed by atoms with E-state index in [4.69, 9.17) is 9.15 Å². The topological polar surface area (TPSA) is 80.6 Å². The minimum Gasteiger partial charge on any atom is -0.492 e. The van der Waals surface area contributed by atoms with Crippen LogP contribution >= 0.6 is 0 Å². The van der Waals surface area contributed by atoms with Crippen LogP contribution in [0.5, 0.6) is 5.75 Å². The zero-order valence-corrected chi connectivity index (χ0v) is 16.9. The largest absolute Gasteiger partial charge is 0.492 e. The Morgan fingerprint density at radius 3 is 2.44 bits per heavy atom. The van der Waals surface area contributed by atoms with Gasteiger partial charge in [-0.3, -0.25) is 9.59 Å². The molecule has 0 saturated heterocycles. The van der Waals surface area contributed by atoms with Gasteiger partial charge in [0.25, 0.3) is 11.8 Å². The minimum atomic E-state index is -1.15. The van der Waals surface area contributed by atoms with Crippen molar-refractivity contribution >= 4 is 34.2 Å². The van der Waals surface area contributed by atoms with E-state index in [0.717, 1.165) is 18.2 Å². The summed E-state index contributed by atoms with van der Waals surface area (Å²) in [6.07, 6.45) is 0. The normalized spacial score (nSPS) is 10.7. The Morgan fingerprint density at radius 1 is 0.906 bits per heavy atom. The summed E-state index contributed by atoms with van der Waals surface area (Å²) in [4.78, 5) is 25.8. The Labute approximate surface area is 181 Å². The minimum absolute atomic E-state index is 0.109. The molecule has 0 unspecified atom stereocenters. The van der Waals surface area contributed by atoms with E-state index >= 15 is 0 Å². The first kappa shape index (κ1) is 21.0. The Hall–Kier alpha value is -4.20. The second kappa shape index (κ2) is 8.89. The maximum atomic E-state index is 13.6. The van der Waals surface area contributed by atoms with Gasteiger partial charge in [0, 0.05) is 10.9 Å². The molecule has 0 spiro atoms. The van der Waals surface area contributed by atoms with Crippen LogP contribution < -0.4 is 15.4 Å². The van der Waals surface area contributed by atoms with Gasteiger partial charge in [0.05, 0.1) is 12.3 Å². The van der Waals surface area contributed by atoms with Crippen LogP contribution in [0.2, 0.25) is 0 Å². The monoisotopic (exact) mass is 436 g/mol. The number of nitrogens with one attached hydrogen (secondary N) is 2. The number of benzene rings is 3. The van der Waals surface area contributed by atoms with Gasteiger partial charge in [-0.1, -0.05) is 24.3 Å². The van der Waals surface area contributed by atoms with Crippen LogP contribution in [0.3, 0.4) is 0 Å². The molecule has 4 rings (SSSR count). The Bertz CT molecular complexity index is 1320. The van der Waals surface area contributed by atoms with Gasteiger partial charge >= 0.3 is 0 Å². The van der Waals surface area contributed by atoms with Crippen molar-refractivity contribution in [3.8, 4) is 5.75 Å². The number of para-hydroxylation sites is 3. The summed E-state index contributed by atoms with van der Waals surface area (Å²) in [5, 5.41) is 5.79. The lowest BCUT2D eigenvalue weighted by Crippen LogP contribution is -2.17. The van der Waals surface area contributed by atoms with Gasteiger partial charge in [-0.25, -0.2) is 8.78 Å². The number of carbonyl (C=O) groups is 2. The molecule has 0 saturated carbocycles. The van der Waals surface area contributed by atoms with Crippen molar-refractivity contribution in [3.63, 3.8) is 0 Å². The molecule has 8 heteroatoms. The fraction of sp³-hybridized carbons (Fsp3) is 0.0833. The van der Waals surface area contributed by atoms with Gasteiger partial charge < -0.3 is 19.8 Å². The third-order valence-electron chi connectivity index (χ3n) is 4.66. The Balaban J connectivity index is 1.69. The van der Waals surface area contributed by atoms with Crippen LogP contribution in [0.25, 0.3) is 11.0 Å². The number of ether oxygens (including phenoxy) is 1. The number of anilines is 2. The quantitative estimate of drug-likeness (QED) is 0.411. The molecular formula is C24H18F2N2O4. The van der Waals surface area contributed by atoms with Crippen LogP contribution in [0.15, 0.2) is 71.1 Å². The van der Waals surface area contributed by atoms with Gasteiger partial charge in [-0.15, -0.1) is 0 Å². The molecule has 0 aliphatic heterocycles. The number of hydrogen-bond acceptors (Lipinski definition) is 4. The van der Waals surface area contributed by atoms with Crippen LogP contribution in [0, 0.1) is 11.6 Å². The van der Waals surface area contributed by atoms with Crippen molar-refractivity contribution in [1.29, 1.82) is 0 Å². The summed E-state index contributed by atoms with van der Waals surface area (Å²) in [5.74, 6) is -3.23. The maximum Gasteiger partial charge on any atom is 0.293 e. The van der Waals surface area contributed by atoms with Gasteiger partial charge in [0.2, 0.25) is 5.76 Å². The fourth-order valence-corrected chi connectivity index (χ4v) is 3.18. The summed E-state index contributed by atoms with van der Waals surface area (Å²) >= 11 is 0. The highest BCUT2D eigenvalue weighted by Gasteiger charge is 2.24. The van der Waals surface area contributed by atoms with E-state index in [-0.39, 0.29) is 17.0 Å². The zero-order chi connectivity index (χ0) is 22.7. The summed E-state index contributed by atoms with van der Waals surface area (Å²) < 4.78 is 38.0. The number of furan rings is 1. The third kappa shape index (κ3) is 4.15. The van der Waals surface area contributed by atoms with E-state index in [9.17, 15) is 18.4 Å². The number of hydrogen-bond donors (Lipinski definition) is 2. The SMILES string of the molecule is CCOc1ccccc1NC(=O)c1oc2ccccc2c1NC(=O)c1ccc(F)c(F)c1. The smallest absolute Gasteiger partial charge is 0.293 e. The number of fused-ring (bicyclic) bond motifs is 1. The van der Waals surface area contributed by atoms with Crippen LogP contribution in [0.4, 0.5) is 20.2 Å². The third-order valence-corrected chi connectivity index (χ3v) is 4.66. The van der Waals surface area contributed by atoms with Gasteiger partial charge in [-0.05, 0) is 49.4 Å². The van der Waals surface area contributed by atoms with Crippen molar-refractivity contribution in [3.05, 3.63) is 89.7 Å². The first-order chi connectivity index (χ1) is 15.5. The second-order valence-corrected chi connectivity index (χ2v) is 6.77. The molecule has 0 bridgehead atoms. The molecule has 2 amide bonds. The second-order valence-electron chi connectivity index (χ2n) is 6.77. The molecule has 162 valence electrons. The van der Waals surface area contributed by atoms with E-state index in [1.165, 1.54) is 0 Å². The van der Waals surface area contributed by atoms with E-state index in [2.05, 4.69) is 10.6 Å². The molecule has 1 aromatic heterocycles. The highest BCUT2D eigenvalue weighted by Crippen LogP contribution is 2.33. The predicted octanol–water partition coefficient (Wildman–Crippen LogP) is 5.61. The summed E-state index contributed by atoms with van der Waals surface area (Å²) in [5.41, 5.74) is 0.804. The van der Waals surface area contributed by atoms with Crippen molar-refractivity contribution in [1.82, 2.24) is 0 Å². The van der Waals surface area contributed by atoms with Crippen molar-refractivity contribution in [2.75, 3.05) is 17.2 Å². The van der Waals surface area contributed by atoms with Crippen molar-refractivity contribution < 1.29 is 27.5 Å². The van der Waals surface area contributed by atoms with E-state index in [1.54, 1.807) is 48.5 Å². The van der Waals surface area contributed by atoms with Gasteiger partial charge in [0.1, 0.15) is 17.0 Å². The van der Waals surface area contributed by atoms with Crippen LogP contribution in [0.1, 0.15) is 27.8 Å². The maximum absolute atomic E-state index is 13.6. The number of rotatable bonds is 6. The summed E-state index contributed by atoms with van der Waals surface area (Å²) in [6.45, 7) is 2.23. The van der Waals surface area contributed by atoms with E-state index in [0.29, 0.717) is 29.0 Å². The molecule has 6 nitrogen and oxygen atoms in total. The van der Waals surface area contributed by atoms with Crippen molar-refractivity contribution in [2.45, 2.75) is 6.92 Å². The molecule has 0 atom stereocenters.